The lowest BCUT2D eigenvalue weighted by atomic mass is 9.92. The highest BCUT2D eigenvalue weighted by Gasteiger charge is 2.37. The summed E-state index contributed by atoms with van der Waals surface area (Å²) in [4.78, 5) is 31.3. The van der Waals surface area contributed by atoms with Crippen molar-refractivity contribution in [2.45, 2.75) is 44.6 Å². The van der Waals surface area contributed by atoms with Gasteiger partial charge in [-0.15, -0.1) is 13.0 Å². The van der Waals surface area contributed by atoms with E-state index in [0.717, 1.165) is 64.7 Å². The minimum absolute atomic E-state index is 0.0307. The molecule has 0 aromatic carbocycles. The summed E-state index contributed by atoms with van der Waals surface area (Å²) in [7, 11) is 0. The van der Waals surface area contributed by atoms with E-state index < -0.39 is 0 Å². The Morgan fingerprint density at radius 2 is 1.85 bits per heavy atom. The van der Waals surface area contributed by atoms with Crippen molar-refractivity contribution < 1.29 is 9.59 Å². The maximum Gasteiger partial charge on any atom is 0.228 e. The van der Waals surface area contributed by atoms with Gasteiger partial charge < -0.3 is 9.80 Å². The summed E-state index contributed by atoms with van der Waals surface area (Å²) in [6.45, 7) is 8.21. The normalized spacial score (nSPS) is 24.7. The molecule has 2 aliphatic heterocycles. The van der Waals surface area contributed by atoms with Crippen molar-refractivity contribution in [2.24, 2.45) is 11.8 Å². The number of hydrogen-bond acceptors (Lipinski definition) is 3. The Hall–Kier alpha value is -1.80. The number of rotatable bonds is 6. The Bertz CT molecular complexity index is 570. The van der Waals surface area contributed by atoms with Crippen molar-refractivity contribution in [3.63, 3.8) is 0 Å². The minimum Gasteiger partial charge on any atom is -0.342 e. The van der Waals surface area contributed by atoms with Crippen molar-refractivity contribution >= 4 is 11.8 Å². The SMILES string of the molecule is C#CCN(CC=C)C(=O)[C@H]1CCCN(C2CCN(C(=O)C3CC3)CC2)C1. The van der Waals surface area contributed by atoms with E-state index in [2.05, 4.69) is 22.3 Å². The summed E-state index contributed by atoms with van der Waals surface area (Å²) in [6.07, 6.45) is 13.3. The lowest BCUT2D eigenvalue weighted by Crippen LogP contribution is -2.52. The van der Waals surface area contributed by atoms with Gasteiger partial charge in [0.1, 0.15) is 0 Å². The van der Waals surface area contributed by atoms with Gasteiger partial charge in [-0.05, 0) is 45.1 Å². The van der Waals surface area contributed by atoms with Gasteiger partial charge >= 0.3 is 0 Å². The molecule has 2 amide bonds. The van der Waals surface area contributed by atoms with E-state index in [4.69, 9.17) is 6.42 Å². The molecule has 5 nitrogen and oxygen atoms in total. The largest absolute Gasteiger partial charge is 0.342 e. The van der Waals surface area contributed by atoms with Crippen molar-refractivity contribution in [1.29, 1.82) is 0 Å². The van der Waals surface area contributed by atoms with Crippen molar-refractivity contribution in [2.75, 3.05) is 39.3 Å². The van der Waals surface area contributed by atoms with E-state index in [1.807, 2.05) is 0 Å². The Morgan fingerprint density at radius 3 is 2.46 bits per heavy atom. The minimum atomic E-state index is 0.0307. The first-order valence-electron chi connectivity index (χ1n) is 10.00. The maximum atomic E-state index is 12.8. The molecule has 26 heavy (non-hydrogen) atoms. The number of hydrogen-bond donors (Lipinski definition) is 0. The van der Waals surface area contributed by atoms with Crippen LogP contribution in [0.5, 0.6) is 0 Å². The van der Waals surface area contributed by atoms with Gasteiger partial charge in [0.15, 0.2) is 0 Å². The number of likely N-dealkylation sites (tertiary alicyclic amines) is 2. The fourth-order valence-electron chi connectivity index (χ4n) is 4.34. The van der Waals surface area contributed by atoms with Crippen LogP contribution >= 0.6 is 0 Å². The molecule has 0 aromatic heterocycles. The Labute approximate surface area is 157 Å². The summed E-state index contributed by atoms with van der Waals surface area (Å²) >= 11 is 0. The molecule has 3 rings (SSSR count). The van der Waals surface area contributed by atoms with Gasteiger partial charge in [-0.1, -0.05) is 12.0 Å². The van der Waals surface area contributed by atoms with Crippen LogP contribution in [0.2, 0.25) is 0 Å². The van der Waals surface area contributed by atoms with E-state index >= 15 is 0 Å². The lowest BCUT2D eigenvalue weighted by Gasteiger charge is -2.42. The summed E-state index contributed by atoms with van der Waals surface area (Å²) in [5.74, 6) is 3.46. The highest BCUT2D eigenvalue weighted by molar-refractivity contribution is 5.81. The summed E-state index contributed by atoms with van der Waals surface area (Å²) in [6, 6.07) is 0.495. The molecule has 2 saturated heterocycles. The van der Waals surface area contributed by atoms with Gasteiger partial charge in [0.2, 0.25) is 11.8 Å². The van der Waals surface area contributed by atoms with Gasteiger partial charge in [0.25, 0.3) is 0 Å². The van der Waals surface area contributed by atoms with Crippen LogP contribution in [-0.4, -0.2) is 71.8 Å². The van der Waals surface area contributed by atoms with Gasteiger partial charge in [-0.25, -0.2) is 0 Å². The van der Waals surface area contributed by atoms with Crippen LogP contribution in [0, 0.1) is 24.2 Å². The first-order chi connectivity index (χ1) is 12.6. The van der Waals surface area contributed by atoms with Gasteiger partial charge in [-0.2, -0.15) is 0 Å². The second-order valence-corrected chi connectivity index (χ2v) is 7.88. The predicted octanol–water partition coefficient (Wildman–Crippen LogP) is 1.75. The third kappa shape index (κ3) is 4.48. The molecule has 5 heteroatoms. The molecular formula is C21H31N3O2. The molecule has 3 fully saturated rings. The molecule has 0 radical (unpaired) electrons. The lowest BCUT2D eigenvalue weighted by molar-refractivity contribution is -0.137. The van der Waals surface area contributed by atoms with Gasteiger partial charge in [0.05, 0.1) is 12.5 Å². The fourth-order valence-corrected chi connectivity index (χ4v) is 4.34. The van der Waals surface area contributed by atoms with Crippen LogP contribution in [0.1, 0.15) is 38.5 Å². The second kappa shape index (κ2) is 8.73. The van der Waals surface area contributed by atoms with Crippen LogP contribution in [-0.2, 0) is 9.59 Å². The number of terminal acetylenes is 1. The smallest absolute Gasteiger partial charge is 0.228 e. The van der Waals surface area contributed by atoms with E-state index in [1.165, 1.54) is 0 Å². The molecule has 1 atom stereocenters. The fraction of sp³-hybridized carbons (Fsp3) is 0.714. The molecule has 142 valence electrons. The maximum absolute atomic E-state index is 12.8. The predicted molar refractivity (Wildman–Crippen MR) is 102 cm³/mol. The number of nitrogens with zero attached hydrogens (tertiary/aromatic N) is 3. The quantitative estimate of drug-likeness (QED) is 0.537. The van der Waals surface area contributed by atoms with Crippen molar-refractivity contribution in [1.82, 2.24) is 14.7 Å². The van der Waals surface area contributed by atoms with E-state index in [0.29, 0.717) is 31.0 Å². The monoisotopic (exact) mass is 357 g/mol. The van der Waals surface area contributed by atoms with E-state index in [9.17, 15) is 9.59 Å². The number of carbonyl (C=O) groups is 2. The average Bonchev–Trinajstić information content (AvgIpc) is 3.52. The van der Waals surface area contributed by atoms with Crippen LogP contribution in [0.25, 0.3) is 0 Å². The number of carbonyl (C=O) groups excluding carboxylic acids is 2. The van der Waals surface area contributed by atoms with Crippen molar-refractivity contribution in [3.05, 3.63) is 12.7 Å². The van der Waals surface area contributed by atoms with Gasteiger partial charge in [-0.3, -0.25) is 14.5 Å². The van der Waals surface area contributed by atoms with Crippen LogP contribution in [0.3, 0.4) is 0 Å². The molecular weight excluding hydrogens is 326 g/mol. The number of piperidine rings is 2. The molecule has 0 aromatic rings. The van der Waals surface area contributed by atoms with Crippen molar-refractivity contribution in [3.8, 4) is 12.3 Å². The van der Waals surface area contributed by atoms with Crippen LogP contribution in [0.15, 0.2) is 12.7 Å². The Kier molecular flexibility index (Phi) is 6.37. The molecule has 0 bridgehead atoms. The summed E-state index contributed by atoms with van der Waals surface area (Å²) in [5.41, 5.74) is 0. The average molecular weight is 357 g/mol. The highest BCUT2D eigenvalue weighted by Crippen LogP contribution is 2.32. The van der Waals surface area contributed by atoms with Crippen LogP contribution < -0.4 is 0 Å². The molecule has 2 heterocycles. The Morgan fingerprint density at radius 1 is 1.12 bits per heavy atom. The van der Waals surface area contributed by atoms with E-state index in [-0.39, 0.29) is 11.8 Å². The van der Waals surface area contributed by atoms with Crippen LogP contribution in [0.4, 0.5) is 0 Å². The summed E-state index contributed by atoms with van der Waals surface area (Å²) < 4.78 is 0. The first kappa shape index (κ1) is 19.0. The van der Waals surface area contributed by atoms with E-state index in [1.54, 1.807) is 11.0 Å². The molecule has 3 aliphatic rings. The summed E-state index contributed by atoms with van der Waals surface area (Å²) in [5, 5.41) is 0. The topological polar surface area (TPSA) is 43.9 Å². The second-order valence-electron chi connectivity index (χ2n) is 7.88. The first-order valence-corrected chi connectivity index (χ1v) is 10.00. The molecule has 0 spiro atoms. The third-order valence-electron chi connectivity index (χ3n) is 5.96. The van der Waals surface area contributed by atoms with Gasteiger partial charge in [0, 0.05) is 38.1 Å². The third-order valence-corrected chi connectivity index (χ3v) is 5.96. The molecule has 1 aliphatic carbocycles. The molecule has 0 N–H and O–H groups in total. The zero-order valence-electron chi connectivity index (χ0n) is 15.7. The molecule has 0 unspecified atom stereocenters. The zero-order chi connectivity index (χ0) is 18.5. The standard InChI is InChI=1S/C21H31N3O2/c1-3-11-22(12-4-2)21(26)18-6-5-13-24(16-18)19-9-14-23(15-10-19)20(25)17-7-8-17/h1,4,17-19H,2,5-16H2/t18-/m0/s1. The zero-order valence-corrected chi connectivity index (χ0v) is 15.7. The molecule has 1 saturated carbocycles. The Balaban J connectivity index is 1.52. The highest BCUT2D eigenvalue weighted by atomic mass is 16.2. The number of amides is 2.